The highest BCUT2D eigenvalue weighted by atomic mass is 19.4. The van der Waals surface area contributed by atoms with Crippen molar-refractivity contribution >= 4 is 5.91 Å². The first-order valence-corrected chi connectivity index (χ1v) is 9.40. The number of halogens is 3. The summed E-state index contributed by atoms with van der Waals surface area (Å²) < 4.78 is 41.6. The maximum Gasteiger partial charge on any atom is 0.398 e. The molecular weight excluding hydrogens is 371 g/mol. The number of amides is 1. The Bertz CT molecular complexity index is 829. The fourth-order valence-electron chi connectivity index (χ4n) is 4.17. The standard InChI is InChI=1S/C20H22F3N3O2/c21-20(22,23)19(5-6-19)15-3-1-14(2-4-15)18(28)25-16-9-13(10-17(16)27)11-26-8-7-24-12-26/h1-4,7-8,12-13,16-17,27H,5-6,9-11H2,(H,25,28)/t13?,16-,17-/m1/s1. The highest BCUT2D eigenvalue weighted by Crippen LogP contribution is 2.58. The lowest BCUT2D eigenvalue weighted by molar-refractivity contribution is -0.160. The molecule has 0 saturated heterocycles. The van der Waals surface area contributed by atoms with Gasteiger partial charge >= 0.3 is 6.18 Å². The van der Waals surface area contributed by atoms with E-state index in [1.807, 2.05) is 10.8 Å². The van der Waals surface area contributed by atoms with Gasteiger partial charge in [0.1, 0.15) is 0 Å². The Kier molecular flexibility index (Phi) is 4.69. The zero-order chi connectivity index (χ0) is 19.9. The summed E-state index contributed by atoms with van der Waals surface area (Å²) in [5.74, 6) is -0.158. The van der Waals surface area contributed by atoms with Crippen molar-refractivity contribution in [1.29, 1.82) is 0 Å². The molecule has 1 aromatic heterocycles. The number of rotatable bonds is 5. The number of imidazole rings is 1. The number of alkyl halides is 3. The van der Waals surface area contributed by atoms with Crippen molar-refractivity contribution in [3.8, 4) is 0 Å². The van der Waals surface area contributed by atoms with Crippen molar-refractivity contribution in [2.75, 3.05) is 0 Å². The molecule has 1 aromatic carbocycles. The van der Waals surface area contributed by atoms with E-state index in [1.54, 1.807) is 12.5 Å². The molecule has 150 valence electrons. The van der Waals surface area contributed by atoms with Gasteiger partial charge in [-0.05, 0) is 49.3 Å². The third kappa shape index (κ3) is 3.53. The fourth-order valence-corrected chi connectivity index (χ4v) is 4.17. The third-order valence-corrected chi connectivity index (χ3v) is 5.96. The molecule has 28 heavy (non-hydrogen) atoms. The molecule has 1 amide bonds. The number of nitrogens with one attached hydrogen (secondary N) is 1. The second-order valence-corrected chi connectivity index (χ2v) is 7.90. The maximum atomic E-state index is 13.2. The van der Waals surface area contributed by atoms with Crippen molar-refractivity contribution in [1.82, 2.24) is 14.9 Å². The largest absolute Gasteiger partial charge is 0.398 e. The van der Waals surface area contributed by atoms with E-state index in [0.717, 1.165) is 6.54 Å². The summed E-state index contributed by atoms with van der Waals surface area (Å²) in [5, 5.41) is 13.1. The van der Waals surface area contributed by atoms with Crippen LogP contribution >= 0.6 is 0 Å². The minimum Gasteiger partial charge on any atom is -0.391 e. The molecule has 3 atom stereocenters. The van der Waals surface area contributed by atoms with Gasteiger partial charge in [-0.15, -0.1) is 0 Å². The Morgan fingerprint density at radius 3 is 2.54 bits per heavy atom. The Morgan fingerprint density at radius 1 is 1.25 bits per heavy atom. The molecule has 0 radical (unpaired) electrons. The van der Waals surface area contributed by atoms with Crippen molar-refractivity contribution in [2.24, 2.45) is 5.92 Å². The summed E-state index contributed by atoms with van der Waals surface area (Å²) in [6.45, 7) is 0.720. The zero-order valence-corrected chi connectivity index (χ0v) is 15.2. The average molecular weight is 393 g/mol. The molecule has 0 bridgehead atoms. The summed E-state index contributed by atoms with van der Waals surface area (Å²) in [5.41, 5.74) is -1.24. The first-order chi connectivity index (χ1) is 13.3. The number of benzene rings is 1. The molecule has 0 spiro atoms. The van der Waals surface area contributed by atoms with Crippen LogP contribution in [-0.2, 0) is 12.0 Å². The molecule has 2 aromatic rings. The number of hydrogen-bond donors (Lipinski definition) is 2. The van der Waals surface area contributed by atoms with Crippen molar-refractivity contribution in [3.63, 3.8) is 0 Å². The quantitative estimate of drug-likeness (QED) is 0.821. The Labute approximate surface area is 160 Å². The molecule has 0 aliphatic heterocycles. The first kappa shape index (κ1) is 19.0. The molecule has 2 aliphatic carbocycles. The highest BCUT2D eigenvalue weighted by molar-refractivity contribution is 5.94. The summed E-state index contributed by atoms with van der Waals surface area (Å²) in [6, 6.07) is 5.28. The van der Waals surface area contributed by atoms with E-state index in [4.69, 9.17) is 0 Å². The van der Waals surface area contributed by atoms with Crippen LogP contribution in [0.25, 0.3) is 0 Å². The second kappa shape index (κ2) is 6.92. The fraction of sp³-hybridized carbons (Fsp3) is 0.500. The SMILES string of the molecule is O=C(N[C@@H]1CC(Cn2ccnc2)C[C@H]1O)c1ccc(C2(C(F)(F)F)CC2)cc1. The molecule has 2 aliphatic rings. The number of nitrogens with zero attached hydrogens (tertiary/aromatic N) is 2. The minimum absolute atomic E-state index is 0.0919. The van der Waals surface area contributed by atoms with Gasteiger partial charge in [0.15, 0.2) is 0 Å². The number of carbonyl (C=O) groups is 1. The molecule has 1 unspecified atom stereocenters. The molecule has 2 fully saturated rings. The summed E-state index contributed by atoms with van der Waals surface area (Å²) >= 11 is 0. The molecular formula is C20H22F3N3O2. The Balaban J connectivity index is 1.37. The lowest BCUT2D eigenvalue weighted by Crippen LogP contribution is -2.40. The predicted molar refractivity (Wildman–Crippen MR) is 95.6 cm³/mol. The van der Waals surface area contributed by atoms with Crippen LogP contribution in [0.4, 0.5) is 13.2 Å². The third-order valence-electron chi connectivity index (χ3n) is 5.96. The van der Waals surface area contributed by atoms with E-state index in [1.165, 1.54) is 24.3 Å². The van der Waals surface area contributed by atoms with Gasteiger partial charge in [-0.3, -0.25) is 4.79 Å². The first-order valence-electron chi connectivity index (χ1n) is 9.40. The number of aliphatic hydroxyl groups is 1. The van der Waals surface area contributed by atoms with Crippen LogP contribution < -0.4 is 5.32 Å². The van der Waals surface area contributed by atoms with Gasteiger partial charge < -0.3 is 15.0 Å². The van der Waals surface area contributed by atoms with Gasteiger partial charge in [0.25, 0.3) is 5.91 Å². The van der Waals surface area contributed by atoms with Crippen LogP contribution in [0, 0.1) is 5.92 Å². The van der Waals surface area contributed by atoms with Crippen molar-refractivity contribution in [3.05, 3.63) is 54.1 Å². The van der Waals surface area contributed by atoms with Gasteiger partial charge in [-0.1, -0.05) is 12.1 Å². The van der Waals surface area contributed by atoms with Crippen LogP contribution in [0.3, 0.4) is 0 Å². The second-order valence-electron chi connectivity index (χ2n) is 7.90. The van der Waals surface area contributed by atoms with Gasteiger partial charge in [0.05, 0.1) is 23.9 Å². The van der Waals surface area contributed by atoms with E-state index in [9.17, 15) is 23.1 Å². The minimum atomic E-state index is -4.27. The smallest absolute Gasteiger partial charge is 0.391 e. The van der Waals surface area contributed by atoms with Crippen LogP contribution in [-0.4, -0.2) is 38.9 Å². The maximum absolute atomic E-state index is 13.2. The molecule has 1 heterocycles. The van der Waals surface area contributed by atoms with Gasteiger partial charge in [0.2, 0.25) is 0 Å². The van der Waals surface area contributed by atoms with E-state index in [0.29, 0.717) is 18.4 Å². The summed E-state index contributed by atoms with van der Waals surface area (Å²) in [4.78, 5) is 16.5. The van der Waals surface area contributed by atoms with E-state index in [2.05, 4.69) is 10.3 Å². The van der Waals surface area contributed by atoms with Crippen LogP contribution in [0.15, 0.2) is 43.0 Å². The van der Waals surface area contributed by atoms with Crippen LogP contribution in [0.1, 0.15) is 41.6 Å². The molecule has 8 heteroatoms. The van der Waals surface area contributed by atoms with E-state index in [-0.39, 0.29) is 36.3 Å². The predicted octanol–water partition coefficient (Wildman–Crippen LogP) is 3.05. The van der Waals surface area contributed by atoms with Gasteiger partial charge in [-0.2, -0.15) is 13.2 Å². The van der Waals surface area contributed by atoms with Crippen molar-refractivity contribution in [2.45, 2.75) is 56.0 Å². The number of hydrogen-bond acceptors (Lipinski definition) is 3. The van der Waals surface area contributed by atoms with Crippen LogP contribution in [0.2, 0.25) is 0 Å². The number of carbonyl (C=O) groups excluding carboxylic acids is 1. The molecule has 5 nitrogen and oxygen atoms in total. The molecule has 2 saturated carbocycles. The summed E-state index contributed by atoms with van der Waals surface area (Å²) in [7, 11) is 0. The summed E-state index contributed by atoms with van der Waals surface area (Å²) in [6.07, 6.45) is 1.76. The van der Waals surface area contributed by atoms with Gasteiger partial charge in [0, 0.05) is 24.5 Å². The van der Waals surface area contributed by atoms with E-state index < -0.39 is 17.7 Å². The molecule has 4 rings (SSSR count). The Morgan fingerprint density at radius 2 is 1.96 bits per heavy atom. The topological polar surface area (TPSA) is 67.2 Å². The van der Waals surface area contributed by atoms with E-state index >= 15 is 0 Å². The monoisotopic (exact) mass is 393 g/mol. The normalized spacial score (nSPS) is 26.2. The Hall–Kier alpha value is -2.35. The lowest BCUT2D eigenvalue weighted by atomic mass is 9.94. The number of aromatic nitrogens is 2. The lowest BCUT2D eigenvalue weighted by Gasteiger charge is -2.20. The number of aliphatic hydroxyl groups excluding tert-OH is 1. The van der Waals surface area contributed by atoms with Crippen LogP contribution in [0.5, 0.6) is 0 Å². The van der Waals surface area contributed by atoms with Gasteiger partial charge in [-0.25, -0.2) is 4.98 Å². The average Bonchev–Trinajstić information content (AvgIpc) is 3.21. The van der Waals surface area contributed by atoms with Crippen molar-refractivity contribution < 1.29 is 23.1 Å². The highest BCUT2D eigenvalue weighted by Gasteiger charge is 2.64. The zero-order valence-electron chi connectivity index (χ0n) is 15.2. The molecule has 2 N–H and O–H groups in total.